The van der Waals surface area contributed by atoms with Crippen LogP contribution in [0.5, 0.6) is 0 Å². The van der Waals surface area contributed by atoms with E-state index >= 15 is 0 Å². The molecule has 0 radical (unpaired) electrons. The lowest BCUT2D eigenvalue weighted by Crippen LogP contribution is -2.50. The van der Waals surface area contributed by atoms with Gasteiger partial charge in [0.05, 0.1) is 9.77 Å². The van der Waals surface area contributed by atoms with Crippen molar-refractivity contribution in [1.82, 2.24) is 14.5 Å². The van der Waals surface area contributed by atoms with Gasteiger partial charge >= 0.3 is 0 Å². The predicted molar refractivity (Wildman–Crippen MR) is 98.3 cm³/mol. The lowest BCUT2D eigenvalue weighted by Gasteiger charge is -2.34. The van der Waals surface area contributed by atoms with E-state index in [1.165, 1.54) is 11.3 Å². The Morgan fingerprint density at radius 3 is 2.40 bits per heavy atom. The van der Waals surface area contributed by atoms with E-state index in [1.54, 1.807) is 30.3 Å². The monoisotopic (exact) mass is 379 g/mol. The number of rotatable bonds is 6. The van der Waals surface area contributed by atoms with Gasteiger partial charge in [0.1, 0.15) is 0 Å². The number of thiophene rings is 1. The van der Waals surface area contributed by atoms with Crippen molar-refractivity contribution < 1.29 is 13.2 Å². The number of hydrogen-bond donors (Lipinski definition) is 1. The highest BCUT2D eigenvalue weighted by Gasteiger charge is 2.22. The summed E-state index contributed by atoms with van der Waals surface area (Å²) in [5, 5.41) is 1.91. The molecule has 1 aromatic carbocycles. The number of benzene rings is 1. The van der Waals surface area contributed by atoms with Crippen molar-refractivity contribution in [3.8, 4) is 0 Å². The summed E-state index contributed by atoms with van der Waals surface area (Å²) < 4.78 is 27.0. The molecule has 1 aliphatic rings. The van der Waals surface area contributed by atoms with Crippen molar-refractivity contribution in [2.45, 2.75) is 4.90 Å². The smallest absolute Gasteiger partial charge is 0.264 e. The number of nitrogens with zero attached hydrogens (tertiary/aromatic N) is 2. The normalized spacial score (nSPS) is 16.1. The number of piperazine rings is 1. The summed E-state index contributed by atoms with van der Waals surface area (Å²) in [5.41, 5.74) is 0. The van der Waals surface area contributed by atoms with Crippen LogP contribution in [0.15, 0.2) is 52.7 Å². The Labute approximate surface area is 152 Å². The lowest BCUT2D eigenvalue weighted by atomic mass is 10.3. The minimum atomic E-state index is -3.45. The van der Waals surface area contributed by atoms with Gasteiger partial charge in [0.25, 0.3) is 5.91 Å². The van der Waals surface area contributed by atoms with Crippen molar-refractivity contribution in [3.05, 3.63) is 52.7 Å². The van der Waals surface area contributed by atoms with Crippen molar-refractivity contribution in [3.63, 3.8) is 0 Å². The van der Waals surface area contributed by atoms with E-state index in [0.717, 1.165) is 18.0 Å². The topological polar surface area (TPSA) is 69.7 Å². The minimum Gasteiger partial charge on any atom is -0.335 e. The second kappa shape index (κ2) is 8.09. The molecule has 0 saturated carbocycles. The first-order valence-corrected chi connectivity index (χ1v) is 10.5. The molecule has 0 aliphatic carbocycles. The van der Waals surface area contributed by atoms with E-state index in [2.05, 4.69) is 9.62 Å². The Balaban J connectivity index is 1.43. The zero-order valence-electron chi connectivity index (χ0n) is 13.8. The van der Waals surface area contributed by atoms with Crippen LogP contribution < -0.4 is 4.72 Å². The van der Waals surface area contributed by atoms with Crippen LogP contribution in [0.4, 0.5) is 0 Å². The summed E-state index contributed by atoms with van der Waals surface area (Å²) in [5.74, 6) is 0.0828. The van der Waals surface area contributed by atoms with Gasteiger partial charge in [0.2, 0.25) is 10.0 Å². The number of amides is 1. The number of nitrogens with one attached hydrogen (secondary N) is 1. The van der Waals surface area contributed by atoms with E-state index in [9.17, 15) is 13.2 Å². The highest BCUT2D eigenvalue weighted by atomic mass is 32.2. The third-order valence-electron chi connectivity index (χ3n) is 4.17. The third kappa shape index (κ3) is 4.66. The summed E-state index contributed by atoms with van der Waals surface area (Å²) in [6.45, 7) is 3.84. The van der Waals surface area contributed by atoms with Gasteiger partial charge in [-0.1, -0.05) is 24.3 Å². The molecule has 1 aromatic heterocycles. The van der Waals surface area contributed by atoms with Crippen LogP contribution in [0.3, 0.4) is 0 Å². The van der Waals surface area contributed by atoms with Crippen molar-refractivity contribution in [2.24, 2.45) is 0 Å². The number of carbonyl (C=O) groups is 1. The molecule has 1 N–H and O–H groups in total. The zero-order valence-corrected chi connectivity index (χ0v) is 15.4. The molecule has 0 spiro atoms. The molecule has 2 heterocycles. The van der Waals surface area contributed by atoms with Crippen LogP contribution >= 0.6 is 11.3 Å². The Morgan fingerprint density at radius 1 is 1.04 bits per heavy atom. The van der Waals surface area contributed by atoms with E-state index in [-0.39, 0.29) is 10.8 Å². The van der Waals surface area contributed by atoms with E-state index in [1.807, 2.05) is 22.4 Å². The summed E-state index contributed by atoms with van der Waals surface area (Å²) in [4.78, 5) is 17.4. The molecule has 0 unspecified atom stereocenters. The molecule has 3 rings (SSSR count). The molecule has 2 aromatic rings. The Kier molecular flexibility index (Phi) is 5.85. The molecule has 1 aliphatic heterocycles. The zero-order chi connectivity index (χ0) is 17.7. The maximum atomic E-state index is 12.3. The summed E-state index contributed by atoms with van der Waals surface area (Å²) in [6, 6.07) is 12.1. The molecule has 1 amide bonds. The van der Waals surface area contributed by atoms with Crippen LogP contribution in [0.2, 0.25) is 0 Å². The van der Waals surface area contributed by atoms with Crippen LogP contribution in [0, 0.1) is 0 Å². The Morgan fingerprint density at radius 2 is 1.76 bits per heavy atom. The molecule has 6 nitrogen and oxygen atoms in total. The van der Waals surface area contributed by atoms with E-state index in [0.29, 0.717) is 26.2 Å². The van der Waals surface area contributed by atoms with Gasteiger partial charge in [-0.3, -0.25) is 9.69 Å². The van der Waals surface area contributed by atoms with Crippen LogP contribution in [-0.4, -0.2) is 63.4 Å². The quantitative estimate of drug-likeness (QED) is 0.826. The van der Waals surface area contributed by atoms with Crippen molar-refractivity contribution in [1.29, 1.82) is 0 Å². The average Bonchev–Trinajstić information content (AvgIpc) is 3.17. The fourth-order valence-corrected chi connectivity index (χ4v) is 4.48. The molecule has 1 saturated heterocycles. The van der Waals surface area contributed by atoms with Crippen molar-refractivity contribution >= 4 is 27.3 Å². The first-order valence-electron chi connectivity index (χ1n) is 8.16. The lowest BCUT2D eigenvalue weighted by molar-refractivity contribution is 0.0645. The highest BCUT2D eigenvalue weighted by molar-refractivity contribution is 7.89. The SMILES string of the molecule is O=C(c1cccs1)N1CCN(CCNS(=O)(=O)c2ccccc2)CC1. The average molecular weight is 380 g/mol. The Hall–Kier alpha value is -1.74. The fraction of sp³-hybridized carbons (Fsp3) is 0.353. The van der Waals surface area contributed by atoms with Gasteiger partial charge in [-0.2, -0.15) is 0 Å². The molecule has 8 heteroatoms. The molecule has 25 heavy (non-hydrogen) atoms. The molecule has 1 fully saturated rings. The van der Waals surface area contributed by atoms with Gasteiger partial charge in [-0.15, -0.1) is 11.3 Å². The van der Waals surface area contributed by atoms with E-state index < -0.39 is 10.0 Å². The number of hydrogen-bond acceptors (Lipinski definition) is 5. The van der Waals surface area contributed by atoms with Crippen molar-refractivity contribution in [2.75, 3.05) is 39.3 Å². The van der Waals surface area contributed by atoms with Crippen LogP contribution in [-0.2, 0) is 10.0 Å². The second-order valence-electron chi connectivity index (χ2n) is 5.82. The highest BCUT2D eigenvalue weighted by Crippen LogP contribution is 2.13. The van der Waals surface area contributed by atoms with Gasteiger partial charge in [-0.25, -0.2) is 13.1 Å². The molecular formula is C17H21N3O3S2. The summed E-state index contributed by atoms with van der Waals surface area (Å²) >= 11 is 1.46. The first kappa shape index (κ1) is 18.1. The van der Waals surface area contributed by atoms with Crippen LogP contribution in [0.25, 0.3) is 0 Å². The summed E-state index contributed by atoms with van der Waals surface area (Å²) in [6.07, 6.45) is 0. The minimum absolute atomic E-state index is 0.0828. The maximum Gasteiger partial charge on any atom is 0.264 e. The van der Waals surface area contributed by atoms with Gasteiger partial charge < -0.3 is 4.90 Å². The largest absolute Gasteiger partial charge is 0.335 e. The molecule has 0 atom stereocenters. The predicted octanol–water partition coefficient (Wildman–Crippen LogP) is 1.48. The third-order valence-corrected chi connectivity index (χ3v) is 6.50. The maximum absolute atomic E-state index is 12.3. The molecular weight excluding hydrogens is 358 g/mol. The number of carbonyl (C=O) groups excluding carboxylic acids is 1. The van der Waals surface area contributed by atoms with E-state index in [4.69, 9.17) is 0 Å². The van der Waals surface area contributed by atoms with Gasteiger partial charge in [-0.05, 0) is 23.6 Å². The van der Waals surface area contributed by atoms with Gasteiger partial charge in [0, 0.05) is 39.3 Å². The van der Waals surface area contributed by atoms with Gasteiger partial charge in [0.15, 0.2) is 0 Å². The fourth-order valence-electron chi connectivity index (χ4n) is 2.75. The first-order chi connectivity index (χ1) is 12.1. The molecule has 134 valence electrons. The molecule has 0 bridgehead atoms. The van der Waals surface area contributed by atoms with Crippen LogP contribution in [0.1, 0.15) is 9.67 Å². The summed E-state index contributed by atoms with van der Waals surface area (Å²) in [7, 11) is -3.45. The Bertz CT molecular complexity index is 784. The second-order valence-corrected chi connectivity index (χ2v) is 8.54. The number of sulfonamides is 1. The standard InChI is InChI=1S/C17H21N3O3S2/c21-17(16-7-4-14-24-16)20-12-10-19(11-13-20)9-8-18-25(22,23)15-5-2-1-3-6-15/h1-7,14,18H,8-13H2.